The van der Waals surface area contributed by atoms with Crippen molar-refractivity contribution in [3.05, 3.63) is 33.1 Å². The Kier molecular flexibility index (Phi) is 4.80. The summed E-state index contributed by atoms with van der Waals surface area (Å²) in [6.07, 6.45) is 0. The molecule has 0 bridgehead atoms. The monoisotopic (exact) mass is 296 g/mol. The molecule has 2 rings (SSSR count). The summed E-state index contributed by atoms with van der Waals surface area (Å²) in [6, 6.07) is 3.90. The normalized spacial score (nSPS) is 10.7. The van der Waals surface area contributed by atoms with E-state index in [1.165, 1.54) is 0 Å². The number of aryl methyl sites for hydroxylation is 1. The summed E-state index contributed by atoms with van der Waals surface area (Å²) in [5.74, 6) is 0.839. The third-order valence-electron chi connectivity index (χ3n) is 2.72. The lowest BCUT2D eigenvalue weighted by Crippen LogP contribution is -2.04. The topological polar surface area (TPSA) is 34.1 Å². The number of rotatable bonds is 5. The molecule has 0 amide bonds. The Morgan fingerprint density at radius 3 is 2.89 bits per heavy atom. The van der Waals surface area contributed by atoms with Crippen LogP contribution in [0.2, 0.25) is 5.02 Å². The largest absolute Gasteiger partial charge is 0.493 e. The summed E-state index contributed by atoms with van der Waals surface area (Å²) in [5.41, 5.74) is 2.89. The zero-order valence-electron chi connectivity index (χ0n) is 11.3. The van der Waals surface area contributed by atoms with Gasteiger partial charge in [-0.3, -0.25) is 0 Å². The zero-order chi connectivity index (χ0) is 13.8. The van der Waals surface area contributed by atoms with Crippen LogP contribution in [0.25, 0.3) is 11.3 Å². The standard InChI is InChI=1S/C14H17ClN2OS/c1-4-18-13-5-9(2)11(15)6-10(13)12-8-19-14(17-12)7-16-3/h5-6,8,16H,4,7H2,1-3H3. The molecule has 0 spiro atoms. The number of hydrogen-bond donors (Lipinski definition) is 1. The molecule has 0 fully saturated rings. The quantitative estimate of drug-likeness (QED) is 0.909. The van der Waals surface area contributed by atoms with Crippen LogP contribution in [0.3, 0.4) is 0 Å². The number of benzene rings is 1. The first-order valence-electron chi connectivity index (χ1n) is 6.18. The number of nitrogens with zero attached hydrogens (tertiary/aromatic N) is 1. The Morgan fingerprint density at radius 1 is 1.42 bits per heavy atom. The molecule has 0 aliphatic heterocycles. The van der Waals surface area contributed by atoms with Crippen LogP contribution in [0.15, 0.2) is 17.5 Å². The zero-order valence-corrected chi connectivity index (χ0v) is 12.9. The Balaban J connectivity index is 2.43. The van der Waals surface area contributed by atoms with E-state index >= 15 is 0 Å². The lowest BCUT2D eigenvalue weighted by Gasteiger charge is -2.10. The minimum absolute atomic E-state index is 0.627. The van der Waals surface area contributed by atoms with Crippen LogP contribution >= 0.6 is 22.9 Å². The van der Waals surface area contributed by atoms with Crippen LogP contribution < -0.4 is 10.1 Å². The van der Waals surface area contributed by atoms with Crippen molar-refractivity contribution < 1.29 is 4.74 Å². The number of ether oxygens (including phenoxy) is 1. The molecule has 0 saturated heterocycles. The molecule has 19 heavy (non-hydrogen) atoms. The molecular formula is C14H17ClN2OS. The molecule has 0 radical (unpaired) electrons. The number of hydrogen-bond acceptors (Lipinski definition) is 4. The van der Waals surface area contributed by atoms with Crippen molar-refractivity contribution in [2.75, 3.05) is 13.7 Å². The first-order chi connectivity index (χ1) is 9.15. The Bertz CT molecular complexity index is 569. The lowest BCUT2D eigenvalue weighted by molar-refractivity contribution is 0.341. The van der Waals surface area contributed by atoms with Crippen molar-refractivity contribution >= 4 is 22.9 Å². The number of aromatic nitrogens is 1. The van der Waals surface area contributed by atoms with Gasteiger partial charge in [-0.15, -0.1) is 11.3 Å². The molecule has 3 nitrogen and oxygen atoms in total. The van der Waals surface area contributed by atoms with Crippen molar-refractivity contribution in [3.63, 3.8) is 0 Å². The van der Waals surface area contributed by atoms with Gasteiger partial charge in [-0.2, -0.15) is 0 Å². The number of thiazole rings is 1. The molecule has 1 aromatic heterocycles. The predicted octanol–water partition coefficient (Wildman–Crippen LogP) is 3.89. The second-order valence-corrected chi connectivity index (χ2v) is 5.54. The third kappa shape index (κ3) is 3.26. The van der Waals surface area contributed by atoms with Crippen molar-refractivity contribution in [2.24, 2.45) is 0 Å². The van der Waals surface area contributed by atoms with Gasteiger partial charge in [0.15, 0.2) is 0 Å². The van der Waals surface area contributed by atoms with Crippen LogP contribution in [0.4, 0.5) is 0 Å². The fraction of sp³-hybridized carbons (Fsp3) is 0.357. The molecule has 1 aromatic carbocycles. The number of nitrogens with one attached hydrogen (secondary N) is 1. The average Bonchev–Trinajstić information content (AvgIpc) is 2.83. The van der Waals surface area contributed by atoms with Crippen LogP contribution in [-0.2, 0) is 6.54 Å². The van der Waals surface area contributed by atoms with Crippen molar-refractivity contribution in [2.45, 2.75) is 20.4 Å². The Labute approximate surface area is 122 Å². The molecule has 0 aliphatic rings. The van der Waals surface area contributed by atoms with Gasteiger partial charge in [0, 0.05) is 22.5 Å². The van der Waals surface area contributed by atoms with Gasteiger partial charge in [-0.25, -0.2) is 4.98 Å². The van der Waals surface area contributed by atoms with Gasteiger partial charge in [0.2, 0.25) is 0 Å². The maximum atomic E-state index is 6.21. The molecule has 5 heteroatoms. The minimum atomic E-state index is 0.627. The molecule has 0 aliphatic carbocycles. The SMILES string of the molecule is CCOc1cc(C)c(Cl)cc1-c1csc(CNC)n1. The van der Waals surface area contributed by atoms with Gasteiger partial charge in [0.05, 0.1) is 12.3 Å². The second-order valence-electron chi connectivity index (χ2n) is 4.19. The van der Waals surface area contributed by atoms with E-state index in [2.05, 4.69) is 10.3 Å². The third-order valence-corrected chi connectivity index (χ3v) is 3.97. The summed E-state index contributed by atoms with van der Waals surface area (Å²) < 4.78 is 5.69. The first-order valence-corrected chi connectivity index (χ1v) is 7.43. The van der Waals surface area contributed by atoms with Crippen molar-refractivity contribution in [1.29, 1.82) is 0 Å². The van der Waals surface area contributed by atoms with E-state index in [4.69, 9.17) is 16.3 Å². The molecular weight excluding hydrogens is 280 g/mol. The van der Waals surface area contributed by atoms with E-state index in [0.29, 0.717) is 6.61 Å². The van der Waals surface area contributed by atoms with Crippen molar-refractivity contribution in [1.82, 2.24) is 10.3 Å². The highest BCUT2D eigenvalue weighted by Crippen LogP contribution is 2.35. The van der Waals surface area contributed by atoms with E-state index in [-0.39, 0.29) is 0 Å². The molecule has 102 valence electrons. The molecule has 1 heterocycles. The van der Waals surface area contributed by atoms with Crippen LogP contribution in [0, 0.1) is 6.92 Å². The van der Waals surface area contributed by atoms with Gasteiger partial charge in [0.1, 0.15) is 10.8 Å². The van der Waals surface area contributed by atoms with E-state index < -0.39 is 0 Å². The van der Waals surface area contributed by atoms with Crippen LogP contribution in [0.5, 0.6) is 5.75 Å². The summed E-state index contributed by atoms with van der Waals surface area (Å²) >= 11 is 7.85. The highest BCUT2D eigenvalue weighted by molar-refractivity contribution is 7.09. The second kappa shape index (κ2) is 6.37. The van der Waals surface area contributed by atoms with Gasteiger partial charge in [-0.05, 0) is 38.6 Å². The van der Waals surface area contributed by atoms with Crippen LogP contribution in [-0.4, -0.2) is 18.6 Å². The summed E-state index contributed by atoms with van der Waals surface area (Å²) in [5, 5.41) is 6.93. The predicted molar refractivity (Wildman–Crippen MR) is 81.2 cm³/mol. The molecule has 0 unspecified atom stereocenters. The summed E-state index contributed by atoms with van der Waals surface area (Å²) in [4.78, 5) is 4.60. The van der Waals surface area contributed by atoms with E-state index in [0.717, 1.165) is 39.1 Å². The lowest BCUT2D eigenvalue weighted by atomic mass is 10.1. The van der Waals surface area contributed by atoms with E-state index in [1.54, 1.807) is 11.3 Å². The maximum Gasteiger partial charge on any atom is 0.129 e. The smallest absolute Gasteiger partial charge is 0.129 e. The van der Waals surface area contributed by atoms with E-state index in [9.17, 15) is 0 Å². The fourth-order valence-electron chi connectivity index (χ4n) is 1.80. The van der Waals surface area contributed by atoms with Crippen LogP contribution in [0.1, 0.15) is 17.5 Å². The summed E-state index contributed by atoms with van der Waals surface area (Å²) in [6.45, 7) is 5.35. The number of halogens is 1. The highest BCUT2D eigenvalue weighted by atomic mass is 35.5. The average molecular weight is 297 g/mol. The molecule has 1 N–H and O–H groups in total. The van der Waals surface area contributed by atoms with Gasteiger partial charge < -0.3 is 10.1 Å². The molecule has 0 saturated carbocycles. The maximum absolute atomic E-state index is 6.21. The first kappa shape index (κ1) is 14.3. The van der Waals surface area contributed by atoms with E-state index in [1.807, 2.05) is 38.4 Å². The van der Waals surface area contributed by atoms with Crippen molar-refractivity contribution in [3.8, 4) is 17.0 Å². The highest BCUT2D eigenvalue weighted by Gasteiger charge is 2.12. The fourth-order valence-corrected chi connectivity index (χ4v) is 2.77. The van der Waals surface area contributed by atoms with Gasteiger partial charge >= 0.3 is 0 Å². The van der Waals surface area contributed by atoms with Gasteiger partial charge in [0.25, 0.3) is 0 Å². The minimum Gasteiger partial charge on any atom is -0.493 e. The Morgan fingerprint density at radius 2 is 2.21 bits per heavy atom. The Hall–Kier alpha value is -1.10. The van der Waals surface area contributed by atoms with Gasteiger partial charge in [-0.1, -0.05) is 11.6 Å². The molecule has 0 atom stereocenters. The summed E-state index contributed by atoms with van der Waals surface area (Å²) in [7, 11) is 1.91. The molecule has 2 aromatic rings.